The third-order valence-electron chi connectivity index (χ3n) is 6.69. The number of benzene rings is 2. The number of hydrogen-bond acceptors (Lipinski definition) is 8. The van der Waals surface area contributed by atoms with Crippen molar-refractivity contribution in [1.29, 1.82) is 10.5 Å². The van der Waals surface area contributed by atoms with Crippen LogP contribution in [0.4, 0.5) is 5.13 Å². The molecule has 3 aromatic rings. The minimum absolute atomic E-state index is 0. The lowest BCUT2D eigenvalue weighted by molar-refractivity contribution is 0.0983. The number of carbonyl (C=O) groups excluding carboxylic acids is 1. The molecule has 0 unspecified atom stereocenters. The van der Waals surface area contributed by atoms with Gasteiger partial charge in [0, 0.05) is 44.6 Å². The second-order valence-electron chi connectivity index (χ2n) is 9.13. The van der Waals surface area contributed by atoms with Crippen molar-refractivity contribution in [1.82, 2.24) is 14.2 Å². The summed E-state index contributed by atoms with van der Waals surface area (Å²) in [4.78, 5) is 22.5. The number of amides is 1. The summed E-state index contributed by atoms with van der Waals surface area (Å²) in [6.07, 6.45) is 0.0356. The SMILES string of the molecule is CCN(CC)CCN(C(=O)c1ccc(S(=O)(=O)N(CCC#N)CCC#N)cc1)c1nc2cc(C)c(C)cc2s1.Cl. The monoisotopic (exact) mass is 602 g/mol. The Morgan fingerprint density at radius 2 is 1.50 bits per heavy atom. The van der Waals surface area contributed by atoms with Gasteiger partial charge in [0.2, 0.25) is 10.0 Å². The number of likely N-dealkylation sites (N-methyl/N-ethyl adjacent to an activating group) is 1. The highest BCUT2D eigenvalue weighted by atomic mass is 35.5. The number of nitriles is 2. The van der Waals surface area contributed by atoms with E-state index in [0.717, 1.165) is 38.7 Å². The molecule has 0 N–H and O–H groups in total. The average molecular weight is 603 g/mol. The van der Waals surface area contributed by atoms with Crippen molar-refractivity contribution in [2.24, 2.45) is 0 Å². The lowest BCUT2D eigenvalue weighted by Crippen LogP contribution is -2.39. The third-order valence-corrected chi connectivity index (χ3v) is 9.64. The zero-order chi connectivity index (χ0) is 28.6. The van der Waals surface area contributed by atoms with Crippen molar-refractivity contribution in [3.05, 3.63) is 53.1 Å². The molecule has 9 nitrogen and oxygen atoms in total. The van der Waals surface area contributed by atoms with E-state index in [0.29, 0.717) is 23.8 Å². The number of halogens is 1. The maximum Gasteiger partial charge on any atom is 0.260 e. The number of anilines is 1. The molecule has 2 aromatic carbocycles. The molecular formula is C28H35ClN6O3S2. The second kappa shape index (κ2) is 15.1. The van der Waals surface area contributed by atoms with Crippen molar-refractivity contribution >= 4 is 55.0 Å². The maximum absolute atomic E-state index is 13.8. The first-order chi connectivity index (χ1) is 18.7. The molecule has 0 atom stereocenters. The molecule has 3 rings (SSSR count). The average Bonchev–Trinajstić information content (AvgIpc) is 3.33. The first-order valence-electron chi connectivity index (χ1n) is 12.9. The fourth-order valence-electron chi connectivity index (χ4n) is 4.12. The van der Waals surface area contributed by atoms with E-state index < -0.39 is 10.0 Å². The van der Waals surface area contributed by atoms with Crippen LogP contribution >= 0.6 is 23.7 Å². The molecule has 0 bridgehead atoms. The molecule has 1 heterocycles. The molecule has 0 aliphatic heterocycles. The largest absolute Gasteiger partial charge is 0.302 e. The van der Waals surface area contributed by atoms with E-state index in [1.165, 1.54) is 35.6 Å². The Kier molecular flexibility index (Phi) is 12.5. The predicted molar refractivity (Wildman–Crippen MR) is 161 cm³/mol. The molecule has 0 spiro atoms. The van der Waals surface area contributed by atoms with Crippen LogP contribution in [0.15, 0.2) is 41.3 Å². The molecule has 0 saturated heterocycles. The molecule has 0 aliphatic carbocycles. The van der Waals surface area contributed by atoms with E-state index in [-0.39, 0.29) is 49.1 Å². The summed E-state index contributed by atoms with van der Waals surface area (Å²) in [6, 6.07) is 13.8. The second-order valence-corrected chi connectivity index (χ2v) is 12.1. The van der Waals surface area contributed by atoms with Crippen LogP contribution in [0.25, 0.3) is 10.2 Å². The number of hydrogen-bond donors (Lipinski definition) is 0. The quantitative estimate of drug-likeness (QED) is 0.265. The van der Waals surface area contributed by atoms with Crippen molar-refractivity contribution in [3.8, 4) is 12.1 Å². The fraction of sp³-hybridized carbons (Fsp3) is 0.429. The topological polar surface area (TPSA) is 121 Å². The highest BCUT2D eigenvalue weighted by molar-refractivity contribution is 7.89. The van der Waals surface area contributed by atoms with Crippen LogP contribution in [0.2, 0.25) is 0 Å². The van der Waals surface area contributed by atoms with Gasteiger partial charge in [0.15, 0.2) is 5.13 Å². The van der Waals surface area contributed by atoms with Gasteiger partial charge in [-0.05, 0) is 74.5 Å². The van der Waals surface area contributed by atoms with Crippen LogP contribution in [0, 0.1) is 36.5 Å². The van der Waals surface area contributed by atoms with E-state index >= 15 is 0 Å². The molecule has 0 fully saturated rings. The van der Waals surface area contributed by atoms with Crippen molar-refractivity contribution in [2.45, 2.75) is 45.4 Å². The van der Waals surface area contributed by atoms with Crippen molar-refractivity contribution in [2.75, 3.05) is 44.2 Å². The maximum atomic E-state index is 13.8. The summed E-state index contributed by atoms with van der Waals surface area (Å²) < 4.78 is 28.5. The molecule has 214 valence electrons. The first kappa shape index (κ1) is 33.1. The Morgan fingerprint density at radius 3 is 2.05 bits per heavy atom. The van der Waals surface area contributed by atoms with Gasteiger partial charge in [-0.2, -0.15) is 14.8 Å². The number of carbonyl (C=O) groups is 1. The lowest BCUT2D eigenvalue weighted by atomic mass is 10.1. The normalized spacial score (nSPS) is 11.3. The van der Waals surface area contributed by atoms with Crippen LogP contribution in [0.1, 0.15) is 48.2 Å². The van der Waals surface area contributed by atoms with Gasteiger partial charge in [-0.1, -0.05) is 25.2 Å². The molecule has 40 heavy (non-hydrogen) atoms. The summed E-state index contributed by atoms with van der Waals surface area (Å²) in [5, 5.41) is 18.4. The van der Waals surface area contributed by atoms with Crippen LogP contribution in [0.5, 0.6) is 0 Å². The molecular weight excluding hydrogens is 568 g/mol. The van der Waals surface area contributed by atoms with Crippen molar-refractivity contribution in [3.63, 3.8) is 0 Å². The summed E-state index contributed by atoms with van der Waals surface area (Å²) >= 11 is 1.46. The summed E-state index contributed by atoms with van der Waals surface area (Å²) in [7, 11) is -3.92. The minimum Gasteiger partial charge on any atom is -0.302 e. The van der Waals surface area contributed by atoms with E-state index in [9.17, 15) is 13.2 Å². The van der Waals surface area contributed by atoms with Gasteiger partial charge in [0.1, 0.15) is 0 Å². The number of fused-ring (bicyclic) bond motifs is 1. The highest BCUT2D eigenvalue weighted by Crippen LogP contribution is 2.32. The summed E-state index contributed by atoms with van der Waals surface area (Å²) in [5.41, 5.74) is 3.49. The number of thiazole rings is 1. The van der Waals surface area contributed by atoms with Gasteiger partial charge in [0.25, 0.3) is 5.91 Å². The number of rotatable bonds is 13. The molecule has 0 saturated carbocycles. The molecule has 1 aromatic heterocycles. The van der Waals surface area contributed by atoms with Crippen LogP contribution < -0.4 is 4.90 Å². The first-order valence-corrected chi connectivity index (χ1v) is 15.2. The molecule has 1 amide bonds. The predicted octanol–water partition coefficient (Wildman–Crippen LogP) is 5.14. The zero-order valence-electron chi connectivity index (χ0n) is 23.3. The molecule has 0 radical (unpaired) electrons. The smallest absolute Gasteiger partial charge is 0.260 e. The van der Waals surface area contributed by atoms with E-state index in [1.807, 2.05) is 25.1 Å². The Morgan fingerprint density at radius 1 is 0.925 bits per heavy atom. The van der Waals surface area contributed by atoms with Crippen molar-refractivity contribution < 1.29 is 13.2 Å². The van der Waals surface area contributed by atoms with Crippen LogP contribution in [-0.2, 0) is 10.0 Å². The van der Waals surface area contributed by atoms with Crippen LogP contribution in [-0.4, -0.2) is 67.8 Å². The van der Waals surface area contributed by atoms with Gasteiger partial charge in [-0.15, -0.1) is 12.4 Å². The van der Waals surface area contributed by atoms with Gasteiger partial charge in [-0.25, -0.2) is 13.4 Å². The van der Waals surface area contributed by atoms with Gasteiger partial charge in [0.05, 0.1) is 27.3 Å². The van der Waals surface area contributed by atoms with Gasteiger partial charge < -0.3 is 4.90 Å². The summed E-state index contributed by atoms with van der Waals surface area (Å²) in [5.74, 6) is -0.260. The number of aryl methyl sites for hydroxylation is 2. The third kappa shape index (κ3) is 7.78. The highest BCUT2D eigenvalue weighted by Gasteiger charge is 2.26. The Hall–Kier alpha value is -3.06. The Labute approximate surface area is 247 Å². The minimum atomic E-state index is -3.92. The molecule has 0 aliphatic rings. The Bertz CT molecular complexity index is 1430. The summed E-state index contributed by atoms with van der Waals surface area (Å²) in [6.45, 7) is 11.1. The van der Waals surface area contributed by atoms with Gasteiger partial charge in [-0.3, -0.25) is 9.69 Å². The van der Waals surface area contributed by atoms with Crippen LogP contribution in [0.3, 0.4) is 0 Å². The lowest BCUT2D eigenvalue weighted by Gasteiger charge is -2.25. The number of sulfonamides is 1. The zero-order valence-corrected chi connectivity index (χ0v) is 25.7. The fourth-order valence-corrected chi connectivity index (χ4v) is 6.64. The number of aromatic nitrogens is 1. The van der Waals surface area contributed by atoms with Gasteiger partial charge >= 0.3 is 0 Å². The van der Waals surface area contributed by atoms with E-state index in [2.05, 4.69) is 31.7 Å². The Balaban J connectivity index is 0.00000560. The van der Waals surface area contributed by atoms with E-state index in [1.54, 1.807) is 4.90 Å². The molecule has 12 heteroatoms. The standard InChI is InChI=1S/C28H34N6O3S2.ClH/c1-5-32(6-2)17-18-34(28-31-25-19-21(3)22(4)20-26(25)38-28)27(35)23-9-11-24(12-10-23)39(36,37)33(15-7-13-29)16-8-14-30;/h9-12,19-20H,5-8,15-18H2,1-4H3;1H. The number of nitrogens with zero attached hydrogens (tertiary/aromatic N) is 6. The van der Waals surface area contributed by atoms with E-state index in [4.69, 9.17) is 15.5 Å².